The van der Waals surface area contributed by atoms with Crippen LogP contribution in [-0.2, 0) is 21.3 Å². The smallest absolute Gasteiger partial charge is 0.326 e. The molecule has 1 saturated heterocycles. The Kier molecular flexibility index (Phi) is 17.9. The summed E-state index contributed by atoms with van der Waals surface area (Å²) in [6, 6.07) is 33.5. The Balaban J connectivity index is 0.865. The number of hydrogen-bond acceptors (Lipinski definition) is 10. The number of piperazine rings is 1. The topological polar surface area (TPSA) is 134 Å². The van der Waals surface area contributed by atoms with Crippen molar-refractivity contribution in [3.05, 3.63) is 151 Å². The van der Waals surface area contributed by atoms with E-state index >= 15 is 4.79 Å². The molecule has 3 amide bonds. The van der Waals surface area contributed by atoms with Gasteiger partial charge in [-0.25, -0.2) is 14.8 Å². The van der Waals surface area contributed by atoms with Gasteiger partial charge < -0.3 is 29.7 Å². The summed E-state index contributed by atoms with van der Waals surface area (Å²) in [7, 11) is 1.63. The van der Waals surface area contributed by atoms with Crippen LogP contribution in [0, 0.1) is 6.92 Å². The Bertz CT molecular complexity index is 3050. The fraction of sp³-hybridized carbons (Fsp3) is 0.417. The van der Waals surface area contributed by atoms with Gasteiger partial charge in [-0.05, 0) is 136 Å². The molecule has 3 heterocycles. The van der Waals surface area contributed by atoms with Gasteiger partial charge in [0.15, 0.2) is 11.5 Å². The molecule has 1 fully saturated rings. The van der Waals surface area contributed by atoms with Crippen molar-refractivity contribution >= 4 is 73.6 Å². The maximum atomic E-state index is 15.5. The standard InChI is InChI=1S/C60H71BrCl2N8O5/c1-10-75-51-36-44(58(4,5)6)21-26-48(51)56-68-59(7,42-17-22-46(62)23-18-42)60(8,43-19-24-47(63)25-20-43)71(56)57(73)70-32-30-69(31-33-70)29-27-54(72)64-28-12-11-13-34-76-53-38-50-49(37-52(53)74-9)55(67-40(3)66-50)65-39(2)41-15-14-16-45(61)35-41/h14-26,35-39H,10-13,27-34H2,1-9H3,(H,64,72)(H,65,66,67)/t39-,59+,60-/m1/s1. The van der Waals surface area contributed by atoms with E-state index in [9.17, 15) is 4.79 Å². The fourth-order valence-electron chi connectivity index (χ4n) is 10.2. The highest BCUT2D eigenvalue weighted by Gasteiger charge is 2.60. The molecule has 3 atom stereocenters. The molecule has 1 aromatic heterocycles. The van der Waals surface area contributed by atoms with Crippen LogP contribution in [0.5, 0.6) is 17.2 Å². The van der Waals surface area contributed by atoms with E-state index in [-0.39, 0.29) is 23.4 Å². The number of amidine groups is 1. The molecule has 0 radical (unpaired) electrons. The van der Waals surface area contributed by atoms with Gasteiger partial charge in [0.1, 0.15) is 34.3 Å². The molecule has 2 N–H and O–H groups in total. The maximum absolute atomic E-state index is 15.5. The van der Waals surface area contributed by atoms with E-state index in [1.54, 1.807) is 7.11 Å². The SMILES string of the molecule is CCOc1cc(C(C)(C)C)ccc1C1=N[C@@](C)(c2ccc(Cl)cc2)[C@@](C)(c2ccc(Cl)cc2)N1C(=O)N1CCN(CCC(=O)NCCCCCOc2cc3nc(C)nc(N[C@H](C)c4cccc(Br)c4)c3cc2OC)CC1. The number of nitrogens with zero attached hydrogens (tertiary/aromatic N) is 6. The lowest BCUT2D eigenvalue weighted by Crippen LogP contribution is -2.60. The van der Waals surface area contributed by atoms with Crippen LogP contribution in [0.4, 0.5) is 10.6 Å². The van der Waals surface area contributed by atoms with E-state index in [1.165, 1.54) is 0 Å². The molecule has 6 aromatic rings. The zero-order valence-corrected chi connectivity index (χ0v) is 48.3. The third-order valence-electron chi connectivity index (χ3n) is 14.8. The summed E-state index contributed by atoms with van der Waals surface area (Å²) < 4.78 is 19.4. The second-order valence-corrected chi connectivity index (χ2v) is 22.8. The highest BCUT2D eigenvalue weighted by atomic mass is 79.9. The van der Waals surface area contributed by atoms with E-state index in [0.29, 0.717) is 97.9 Å². The van der Waals surface area contributed by atoms with Gasteiger partial charge in [0.05, 0.1) is 37.4 Å². The first-order valence-electron chi connectivity index (χ1n) is 26.3. The van der Waals surface area contributed by atoms with Gasteiger partial charge in [0, 0.05) is 71.7 Å². The maximum Gasteiger partial charge on any atom is 0.326 e. The Morgan fingerprint density at radius 3 is 2.17 bits per heavy atom. The van der Waals surface area contributed by atoms with Crippen LogP contribution in [0.1, 0.15) is 114 Å². The number of hydrogen-bond donors (Lipinski definition) is 2. The van der Waals surface area contributed by atoms with Gasteiger partial charge in [-0.15, -0.1) is 0 Å². The van der Waals surface area contributed by atoms with Crippen molar-refractivity contribution < 1.29 is 23.8 Å². The first-order chi connectivity index (χ1) is 36.3. The normalized spacial score (nSPS) is 18.3. The van der Waals surface area contributed by atoms with Crippen LogP contribution in [0.15, 0.2) is 113 Å². The monoisotopic (exact) mass is 1130 g/mol. The molecule has 13 nitrogen and oxygen atoms in total. The van der Waals surface area contributed by atoms with Crippen molar-refractivity contribution in [2.24, 2.45) is 4.99 Å². The van der Waals surface area contributed by atoms with Crippen LogP contribution >= 0.6 is 39.1 Å². The molecule has 5 aromatic carbocycles. The number of benzene rings is 5. The van der Waals surface area contributed by atoms with Gasteiger partial charge in [-0.1, -0.05) is 102 Å². The Labute approximate surface area is 466 Å². The van der Waals surface area contributed by atoms with Gasteiger partial charge in [0.25, 0.3) is 0 Å². The van der Waals surface area contributed by atoms with Crippen molar-refractivity contribution in [1.82, 2.24) is 30.0 Å². The molecule has 8 rings (SSSR count). The molecular formula is C60H71BrCl2N8O5. The Hall–Kier alpha value is -5.93. The number of ether oxygens (including phenoxy) is 3. The van der Waals surface area contributed by atoms with E-state index in [4.69, 9.17) is 52.4 Å². The molecule has 0 spiro atoms. The summed E-state index contributed by atoms with van der Waals surface area (Å²) in [5.41, 5.74) is 3.38. The van der Waals surface area contributed by atoms with Gasteiger partial charge >= 0.3 is 6.03 Å². The molecule has 2 aliphatic rings. The highest BCUT2D eigenvalue weighted by Crippen LogP contribution is 2.54. The van der Waals surface area contributed by atoms with Crippen LogP contribution in [0.3, 0.4) is 0 Å². The highest BCUT2D eigenvalue weighted by molar-refractivity contribution is 9.10. The minimum absolute atomic E-state index is 0.00745. The number of aliphatic imine (C=N–C) groups is 1. The minimum atomic E-state index is -1.03. The second kappa shape index (κ2) is 24.2. The summed E-state index contributed by atoms with van der Waals surface area (Å²) >= 11 is 16.5. The lowest BCUT2D eigenvalue weighted by Gasteiger charge is -2.47. The summed E-state index contributed by atoms with van der Waals surface area (Å²) in [6.45, 7) is 20.9. The number of aryl methyl sites for hydroxylation is 1. The first-order valence-corrected chi connectivity index (χ1v) is 27.9. The third-order valence-corrected chi connectivity index (χ3v) is 15.8. The zero-order chi connectivity index (χ0) is 54.4. The lowest BCUT2D eigenvalue weighted by atomic mass is 9.71. The van der Waals surface area contributed by atoms with Crippen molar-refractivity contribution in [1.29, 1.82) is 0 Å². The number of anilines is 1. The third kappa shape index (κ3) is 12.4. The Morgan fingerprint density at radius 1 is 0.816 bits per heavy atom. The van der Waals surface area contributed by atoms with Crippen molar-refractivity contribution in [2.75, 3.05) is 64.9 Å². The van der Waals surface area contributed by atoms with Crippen LogP contribution in [-0.4, -0.2) is 102 Å². The van der Waals surface area contributed by atoms with Crippen molar-refractivity contribution in [3.63, 3.8) is 0 Å². The number of carbonyl (C=O) groups is 2. The van der Waals surface area contributed by atoms with Gasteiger partial charge in [0.2, 0.25) is 5.91 Å². The number of nitrogens with one attached hydrogen (secondary N) is 2. The number of carbonyl (C=O) groups excluding carboxylic acids is 2. The molecular weight excluding hydrogens is 1060 g/mol. The number of halogens is 3. The van der Waals surface area contributed by atoms with Crippen LogP contribution < -0.4 is 24.8 Å². The lowest BCUT2D eigenvalue weighted by molar-refractivity contribution is -0.121. The number of urea groups is 1. The molecule has 2 aliphatic heterocycles. The predicted octanol–water partition coefficient (Wildman–Crippen LogP) is 13.3. The Morgan fingerprint density at radius 2 is 1.51 bits per heavy atom. The van der Waals surface area contributed by atoms with Gasteiger partial charge in [-0.3, -0.25) is 19.6 Å². The summed E-state index contributed by atoms with van der Waals surface area (Å²) in [6.07, 6.45) is 2.87. The number of rotatable bonds is 19. The van der Waals surface area contributed by atoms with Crippen molar-refractivity contribution in [2.45, 2.75) is 104 Å². The van der Waals surface area contributed by atoms with Crippen LogP contribution in [0.25, 0.3) is 10.9 Å². The zero-order valence-electron chi connectivity index (χ0n) is 45.2. The number of methoxy groups -OCH3 is 1. The number of amides is 3. The summed E-state index contributed by atoms with van der Waals surface area (Å²) in [4.78, 5) is 49.7. The molecule has 0 bridgehead atoms. The van der Waals surface area contributed by atoms with E-state index in [0.717, 1.165) is 68.3 Å². The number of unbranched alkanes of at least 4 members (excludes halogenated alkanes) is 2. The second-order valence-electron chi connectivity index (χ2n) is 21.0. The first kappa shape index (κ1) is 56.3. The molecule has 0 aliphatic carbocycles. The molecule has 402 valence electrons. The number of fused-ring (bicyclic) bond motifs is 1. The largest absolute Gasteiger partial charge is 0.493 e. The van der Waals surface area contributed by atoms with E-state index in [2.05, 4.69) is 97.3 Å². The number of aromatic nitrogens is 2. The molecule has 0 unspecified atom stereocenters. The average Bonchev–Trinajstić information content (AvgIpc) is 3.66. The summed E-state index contributed by atoms with van der Waals surface area (Å²) in [5.74, 6) is 3.81. The molecule has 16 heteroatoms. The average molecular weight is 1140 g/mol. The van der Waals surface area contributed by atoms with Crippen LogP contribution in [0.2, 0.25) is 10.0 Å². The van der Waals surface area contributed by atoms with Gasteiger partial charge in [-0.2, -0.15) is 0 Å². The quantitative estimate of drug-likeness (QED) is 0.0761. The summed E-state index contributed by atoms with van der Waals surface area (Å²) in [5, 5.41) is 8.72. The van der Waals surface area contributed by atoms with E-state index < -0.39 is 11.1 Å². The van der Waals surface area contributed by atoms with E-state index in [1.807, 2.05) is 103 Å². The molecule has 76 heavy (non-hydrogen) atoms. The fourth-order valence-corrected chi connectivity index (χ4v) is 10.9. The molecule has 0 saturated carbocycles. The predicted molar refractivity (Wildman–Crippen MR) is 310 cm³/mol. The van der Waals surface area contributed by atoms with Crippen molar-refractivity contribution in [3.8, 4) is 17.2 Å². The minimum Gasteiger partial charge on any atom is -0.493 e.